The van der Waals surface area contributed by atoms with Crippen molar-refractivity contribution in [2.45, 2.75) is 45.1 Å². The Morgan fingerprint density at radius 1 is 1.44 bits per heavy atom. The highest BCUT2D eigenvalue weighted by atomic mass is 32.1. The summed E-state index contributed by atoms with van der Waals surface area (Å²) in [5.41, 5.74) is 6.48. The van der Waals surface area contributed by atoms with Gasteiger partial charge in [0.25, 0.3) is 0 Å². The number of nitrogens with zero attached hydrogens (tertiary/aromatic N) is 2. The van der Waals surface area contributed by atoms with Crippen molar-refractivity contribution in [2.24, 2.45) is 11.7 Å². The van der Waals surface area contributed by atoms with Gasteiger partial charge in [0.1, 0.15) is 4.99 Å². The SMILES string of the molecule is CCC1CCC(Nc2nnccc2C(N)=S)CC1. The second-order valence-electron chi connectivity index (χ2n) is 4.93. The third-order valence-corrected chi connectivity index (χ3v) is 3.97. The minimum atomic E-state index is 0.370. The standard InChI is InChI=1S/C13H20N4S/c1-2-9-3-5-10(6-4-9)16-13-11(12(14)18)7-8-15-17-13/h7-10H,2-6H2,1H3,(H2,14,18)(H,16,17). The van der Waals surface area contributed by atoms with Crippen LogP contribution in [-0.2, 0) is 0 Å². The number of rotatable bonds is 4. The minimum Gasteiger partial charge on any atom is -0.389 e. The third-order valence-electron chi connectivity index (χ3n) is 3.75. The van der Waals surface area contributed by atoms with Crippen LogP contribution in [0.15, 0.2) is 12.3 Å². The van der Waals surface area contributed by atoms with E-state index in [4.69, 9.17) is 18.0 Å². The molecule has 1 fully saturated rings. The molecule has 0 bridgehead atoms. The lowest BCUT2D eigenvalue weighted by molar-refractivity contribution is 0.329. The van der Waals surface area contributed by atoms with E-state index in [1.807, 2.05) is 6.07 Å². The molecule has 5 heteroatoms. The van der Waals surface area contributed by atoms with Crippen molar-refractivity contribution >= 4 is 23.0 Å². The van der Waals surface area contributed by atoms with Gasteiger partial charge >= 0.3 is 0 Å². The molecule has 0 amide bonds. The van der Waals surface area contributed by atoms with E-state index in [-0.39, 0.29) is 0 Å². The van der Waals surface area contributed by atoms with E-state index in [1.165, 1.54) is 32.1 Å². The summed E-state index contributed by atoms with van der Waals surface area (Å²) in [7, 11) is 0. The summed E-state index contributed by atoms with van der Waals surface area (Å²) in [6, 6.07) is 2.28. The summed E-state index contributed by atoms with van der Waals surface area (Å²) in [6.45, 7) is 2.27. The van der Waals surface area contributed by atoms with Crippen molar-refractivity contribution in [1.82, 2.24) is 10.2 Å². The van der Waals surface area contributed by atoms with E-state index >= 15 is 0 Å². The summed E-state index contributed by atoms with van der Waals surface area (Å²) >= 11 is 5.02. The van der Waals surface area contributed by atoms with Crippen LogP contribution in [0.3, 0.4) is 0 Å². The second-order valence-corrected chi connectivity index (χ2v) is 5.37. The van der Waals surface area contributed by atoms with Gasteiger partial charge in [-0.05, 0) is 37.7 Å². The minimum absolute atomic E-state index is 0.370. The number of hydrogen-bond donors (Lipinski definition) is 2. The van der Waals surface area contributed by atoms with Crippen molar-refractivity contribution in [2.75, 3.05) is 5.32 Å². The van der Waals surface area contributed by atoms with Crippen LogP contribution in [0.5, 0.6) is 0 Å². The monoisotopic (exact) mass is 264 g/mol. The van der Waals surface area contributed by atoms with Crippen LogP contribution < -0.4 is 11.1 Å². The average molecular weight is 264 g/mol. The van der Waals surface area contributed by atoms with Crippen LogP contribution in [0, 0.1) is 5.92 Å². The summed E-state index contributed by atoms with van der Waals surface area (Å²) in [6.07, 6.45) is 7.86. The second kappa shape index (κ2) is 6.09. The molecule has 1 heterocycles. The van der Waals surface area contributed by atoms with Crippen LogP contribution in [0.4, 0.5) is 5.82 Å². The molecule has 0 radical (unpaired) electrons. The molecular formula is C13H20N4S. The van der Waals surface area contributed by atoms with Crippen LogP contribution in [0.2, 0.25) is 0 Å². The fraction of sp³-hybridized carbons (Fsp3) is 0.615. The largest absolute Gasteiger partial charge is 0.389 e. The number of hydrogen-bond acceptors (Lipinski definition) is 4. The lowest BCUT2D eigenvalue weighted by atomic mass is 9.84. The lowest BCUT2D eigenvalue weighted by Crippen LogP contribution is -2.28. The maximum absolute atomic E-state index is 5.69. The Kier molecular flexibility index (Phi) is 4.47. The van der Waals surface area contributed by atoms with Gasteiger partial charge in [-0.2, -0.15) is 5.10 Å². The molecule has 2 rings (SSSR count). The molecule has 0 unspecified atom stereocenters. The van der Waals surface area contributed by atoms with Crippen LogP contribution in [0.25, 0.3) is 0 Å². The maximum Gasteiger partial charge on any atom is 0.159 e. The van der Waals surface area contributed by atoms with Gasteiger partial charge in [-0.25, -0.2) is 0 Å². The van der Waals surface area contributed by atoms with Crippen LogP contribution >= 0.6 is 12.2 Å². The Balaban J connectivity index is 2.00. The first-order valence-electron chi connectivity index (χ1n) is 6.58. The lowest BCUT2D eigenvalue weighted by Gasteiger charge is -2.29. The number of aromatic nitrogens is 2. The maximum atomic E-state index is 5.69. The fourth-order valence-electron chi connectivity index (χ4n) is 2.55. The molecule has 0 spiro atoms. The van der Waals surface area contributed by atoms with Crippen molar-refractivity contribution in [3.8, 4) is 0 Å². The summed E-state index contributed by atoms with van der Waals surface area (Å²) < 4.78 is 0. The van der Waals surface area contributed by atoms with E-state index in [0.29, 0.717) is 11.0 Å². The van der Waals surface area contributed by atoms with Gasteiger partial charge in [0.2, 0.25) is 0 Å². The Bertz CT molecular complexity index is 413. The van der Waals surface area contributed by atoms with Crippen molar-refractivity contribution in [3.05, 3.63) is 17.8 Å². The van der Waals surface area contributed by atoms with Gasteiger partial charge < -0.3 is 11.1 Å². The zero-order chi connectivity index (χ0) is 13.0. The van der Waals surface area contributed by atoms with Gasteiger partial charge in [0.15, 0.2) is 5.82 Å². The van der Waals surface area contributed by atoms with Crippen molar-refractivity contribution < 1.29 is 0 Å². The molecule has 3 N–H and O–H groups in total. The highest BCUT2D eigenvalue weighted by molar-refractivity contribution is 7.80. The molecule has 0 aromatic carbocycles. The first-order valence-corrected chi connectivity index (χ1v) is 6.99. The van der Waals surface area contributed by atoms with Gasteiger partial charge in [0.05, 0.1) is 11.8 Å². The van der Waals surface area contributed by atoms with Crippen LogP contribution in [0.1, 0.15) is 44.6 Å². The third kappa shape index (κ3) is 3.16. The molecule has 18 heavy (non-hydrogen) atoms. The average Bonchev–Trinajstić information content (AvgIpc) is 2.40. The smallest absolute Gasteiger partial charge is 0.159 e. The summed E-state index contributed by atoms with van der Waals surface area (Å²) in [5, 5.41) is 11.4. The molecular weight excluding hydrogens is 244 g/mol. The van der Waals surface area contributed by atoms with E-state index in [1.54, 1.807) is 6.20 Å². The Morgan fingerprint density at radius 2 is 2.17 bits per heavy atom. The normalized spacial score (nSPS) is 23.6. The highest BCUT2D eigenvalue weighted by Crippen LogP contribution is 2.28. The van der Waals surface area contributed by atoms with Crippen molar-refractivity contribution in [1.29, 1.82) is 0 Å². The van der Waals surface area contributed by atoms with E-state index in [2.05, 4.69) is 22.4 Å². The summed E-state index contributed by atoms with van der Waals surface area (Å²) in [4.78, 5) is 0.370. The quantitative estimate of drug-likeness (QED) is 0.818. The fourth-order valence-corrected chi connectivity index (χ4v) is 2.71. The zero-order valence-electron chi connectivity index (χ0n) is 10.7. The van der Waals surface area contributed by atoms with E-state index in [9.17, 15) is 0 Å². The molecule has 0 atom stereocenters. The number of thiocarbonyl (C=S) groups is 1. The highest BCUT2D eigenvalue weighted by Gasteiger charge is 2.21. The first-order chi connectivity index (χ1) is 8.70. The molecule has 1 saturated carbocycles. The Hall–Kier alpha value is -1.23. The summed E-state index contributed by atoms with van der Waals surface area (Å²) in [5.74, 6) is 1.62. The molecule has 1 aliphatic carbocycles. The van der Waals surface area contributed by atoms with Crippen molar-refractivity contribution in [3.63, 3.8) is 0 Å². The Labute approximate surface area is 113 Å². The molecule has 98 valence electrons. The zero-order valence-corrected chi connectivity index (χ0v) is 11.5. The van der Waals surface area contributed by atoms with Gasteiger partial charge in [0, 0.05) is 6.04 Å². The topological polar surface area (TPSA) is 63.8 Å². The van der Waals surface area contributed by atoms with E-state index in [0.717, 1.165) is 17.3 Å². The van der Waals surface area contributed by atoms with Gasteiger partial charge in [-0.3, -0.25) is 0 Å². The molecule has 1 aromatic heterocycles. The number of anilines is 1. The molecule has 0 saturated heterocycles. The van der Waals surface area contributed by atoms with Gasteiger partial charge in [-0.1, -0.05) is 25.6 Å². The van der Waals surface area contributed by atoms with Gasteiger partial charge in [-0.15, -0.1) is 5.10 Å². The molecule has 4 nitrogen and oxygen atoms in total. The molecule has 0 aliphatic heterocycles. The number of nitrogens with two attached hydrogens (primary N) is 1. The van der Waals surface area contributed by atoms with E-state index < -0.39 is 0 Å². The van der Waals surface area contributed by atoms with Crippen LogP contribution in [-0.4, -0.2) is 21.2 Å². The predicted molar refractivity (Wildman–Crippen MR) is 77.6 cm³/mol. The molecule has 1 aliphatic rings. The predicted octanol–water partition coefficient (Wildman–Crippen LogP) is 2.49. The molecule has 1 aromatic rings. The number of nitrogens with one attached hydrogen (secondary N) is 1. The first kappa shape index (κ1) is 13.2. The Morgan fingerprint density at radius 3 is 2.78 bits per heavy atom.